The number of nitrogen functional groups attached to an aromatic ring is 1. The van der Waals surface area contributed by atoms with Crippen LogP contribution in [0.25, 0.3) is 22.3 Å². The molecule has 214 valence electrons. The number of nitrogens with one attached hydrogen (secondary N) is 2. The van der Waals surface area contributed by atoms with Crippen LogP contribution in [0.4, 0.5) is 11.9 Å². The summed E-state index contributed by atoms with van der Waals surface area (Å²) in [6, 6.07) is 0. The number of hydrogen-bond acceptors (Lipinski definition) is 15. The van der Waals surface area contributed by atoms with Crippen molar-refractivity contribution in [1.82, 2.24) is 39.0 Å². The minimum atomic E-state index is -0.852. The Kier molecular flexibility index (Phi) is 6.94. The maximum atomic E-state index is 12.5. The number of methoxy groups -OCH3 is 1. The van der Waals surface area contributed by atoms with Gasteiger partial charge in [0.05, 0.1) is 45.2 Å². The van der Waals surface area contributed by atoms with Crippen LogP contribution in [-0.2, 0) is 14.2 Å². The first-order chi connectivity index (χ1) is 19.4. The highest BCUT2D eigenvalue weighted by atomic mass is 16.6. The van der Waals surface area contributed by atoms with Gasteiger partial charge in [-0.1, -0.05) is 0 Å². The molecule has 2 aliphatic heterocycles. The van der Waals surface area contributed by atoms with Crippen LogP contribution < -0.4 is 21.3 Å². The molecular formula is C22H28N10O8. The van der Waals surface area contributed by atoms with Crippen molar-refractivity contribution in [3.8, 4) is 5.88 Å². The summed E-state index contributed by atoms with van der Waals surface area (Å²) < 4.78 is 25.7. The number of aliphatic hydroxyl groups is 3. The van der Waals surface area contributed by atoms with Gasteiger partial charge in [0.2, 0.25) is 17.8 Å². The van der Waals surface area contributed by atoms with Gasteiger partial charge in [0.25, 0.3) is 5.56 Å². The number of fused-ring (bicyclic) bond motifs is 2. The molecule has 2 saturated heterocycles. The molecule has 18 heteroatoms. The fourth-order valence-electron chi connectivity index (χ4n) is 4.86. The monoisotopic (exact) mass is 560 g/mol. The Morgan fingerprint density at radius 1 is 1.05 bits per heavy atom. The van der Waals surface area contributed by atoms with Crippen LogP contribution in [0.3, 0.4) is 0 Å². The van der Waals surface area contributed by atoms with Gasteiger partial charge in [0, 0.05) is 12.8 Å². The van der Waals surface area contributed by atoms with E-state index in [-0.39, 0.29) is 61.7 Å². The summed E-state index contributed by atoms with van der Waals surface area (Å²) in [6.07, 6.45) is -0.853. The first-order valence-electron chi connectivity index (χ1n) is 12.5. The van der Waals surface area contributed by atoms with E-state index in [1.54, 1.807) is 4.57 Å². The molecule has 2 unspecified atom stereocenters. The van der Waals surface area contributed by atoms with E-state index in [0.717, 1.165) is 0 Å². The Bertz CT molecular complexity index is 1570. The first-order valence-corrected chi connectivity index (χ1v) is 12.5. The Balaban J connectivity index is 1.08. The topological polar surface area (TPSA) is 243 Å². The predicted molar refractivity (Wildman–Crippen MR) is 135 cm³/mol. The van der Waals surface area contributed by atoms with Crippen molar-refractivity contribution >= 4 is 34.2 Å². The van der Waals surface area contributed by atoms with Gasteiger partial charge < -0.3 is 45.3 Å². The molecule has 4 aromatic heterocycles. The number of imidazole rings is 2. The molecule has 0 spiro atoms. The molecule has 40 heavy (non-hydrogen) atoms. The van der Waals surface area contributed by atoms with Gasteiger partial charge in [-0.25, -0.2) is 9.97 Å². The van der Waals surface area contributed by atoms with Gasteiger partial charge >= 0.3 is 0 Å². The number of rotatable bonds is 9. The number of nitrogens with zero attached hydrogens (tertiary/aromatic N) is 7. The molecule has 7 N–H and O–H groups in total. The second-order valence-electron chi connectivity index (χ2n) is 9.39. The van der Waals surface area contributed by atoms with Crippen molar-refractivity contribution in [3.63, 3.8) is 0 Å². The highest BCUT2D eigenvalue weighted by Crippen LogP contribution is 2.33. The Morgan fingerprint density at radius 2 is 1.70 bits per heavy atom. The summed E-state index contributed by atoms with van der Waals surface area (Å²) in [5, 5.41) is 32.9. The molecule has 4 aromatic rings. The second-order valence-corrected chi connectivity index (χ2v) is 9.39. The zero-order chi connectivity index (χ0) is 28.0. The van der Waals surface area contributed by atoms with Crippen molar-refractivity contribution < 1.29 is 34.3 Å². The molecule has 0 radical (unpaired) electrons. The molecule has 0 amide bonds. The summed E-state index contributed by atoms with van der Waals surface area (Å²) in [4.78, 5) is 36.1. The summed E-state index contributed by atoms with van der Waals surface area (Å²) in [7, 11) is 1.46. The van der Waals surface area contributed by atoms with E-state index < -0.39 is 42.4 Å². The van der Waals surface area contributed by atoms with E-state index in [4.69, 9.17) is 24.7 Å². The fraction of sp³-hybridized carbons (Fsp3) is 0.545. The average molecular weight is 561 g/mol. The van der Waals surface area contributed by atoms with Crippen LogP contribution in [0.1, 0.15) is 25.3 Å². The lowest BCUT2D eigenvalue weighted by atomic mass is 10.2. The van der Waals surface area contributed by atoms with Gasteiger partial charge in [0.15, 0.2) is 22.3 Å². The van der Waals surface area contributed by atoms with Crippen LogP contribution in [0, 0.1) is 0 Å². The molecule has 0 aliphatic carbocycles. The lowest BCUT2D eigenvalue weighted by molar-refractivity contribution is -0.0587. The van der Waals surface area contributed by atoms with Crippen LogP contribution in [0.5, 0.6) is 5.88 Å². The molecule has 0 aromatic carbocycles. The number of aromatic nitrogens is 8. The van der Waals surface area contributed by atoms with E-state index in [2.05, 4.69) is 35.2 Å². The summed E-state index contributed by atoms with van der Waals surface area (Å²) in [5.41, 5.74) is 6.48. The molecule has 6 heterocycles. The van der Waals surface area contributed by atoms with Crippen molar-refractivity contribution in [2.45, 2.75) is 49.7 Å². The average Bonchev–Trinajstić information content (AvgIpc) is 3.71. The number of aromatic amines is 1. The normalized spacial score (nSPS) is 26.7. The van der Waals surface area contributed by atoms with E-state index in [0.29, 0.717) is 11.2 Å². The third-order valence-corrected chi connectivity index (χ3v) is 6.86. The third kappa shape index (κ3) is 4.69. The maximum absolute atomic E-state index is 12.5. The number of hydrogen-bond donors (Lipinski definition) is 6. The molecule has 18 nitrogen and oxygen atoms in total. The Hall–Kier alpha value is -3.94. The minimum Gasteiger partial charge on any atom is -0.479 e. The number of ether oxygens (including phenoxy) is 4. The number of anilines is 2. The Morgan fingerprint density at radius 3 is 2.38 bits per heavy atom. The fourth-order valence-corrected chi connectivity index (χ4v) is 4.86. The van der Waals surface area contributed by atoms with Crippen LogP contribution >= 0.6 is 0 Å². The molecule has 0 bridgehead atoms. The van der Waals surface area contributed by atoms with Crippen LogP contribution in [-0.4, -0.2) is 106 Å². The van der Waals surface area contributed by atoms with Crippen molar-refractivity contribution in [2.24, 2.45) is 0 Å². The summed E-state index contributed by atoms with van der Waals surface area (Å²) in [6.45, 7) is -0.349. The number of aliphatic hydroxyl groups excluding tert-OH is 3. The molecule has 6 atom stereocenters. The highest BCUT2D eigenvalue weighted by molar-refractivity contribution is 5.77. The van der Waals surface area contributed by atoms with Crippen molar-refractivity contribution in [2.75, 3.05) is 38.1 Å². The molecule has 0 saturated carbocycles. The lowest BCUT2D eigenvalue weighted by Gasteiger charge is -2.16. The van der Waals surface area contributed by atoms with Crippen molar-refractivity contribution in [3.05, 3.63) is 23.0 Å². The first kappa shape index (κ1) is 26.3. The van der Waals surface area contributed by atoms with Gasteiger partial charge in [-0.3, -0.25) is 18.9 Å². The second kappa shape index (κ2) is 10.6. The molecule has 2 fully saturated rings. The minimum absolute atomic E-state index is 0.0196. The van der Waals surface area contributed by atoms with Gasteiger partial charge in [-0.2, -0.15) is 15.0 Å². The highest BCUT2D eigenvalue weighted by Gasteiger charge is 2.37. The molecule has 2 aliphatic rings. The maximum Gasteiger partial charge on any atom is 0.280 e. The number of H-pyrrole nitrogens is 1. The van der Waals surface area contributed by atoms with E-state index >= 15 is 0 Å². The standard InChI is InChI=1S/C22H28N10O8/c1-37-20-16-18(27-21(23)30-20)32(7-25-16)14-3-10(35)12(40-14)5-38-8-26-22-28-17-15(19(36)29-22)24-6-31(17)13-2-9(34)11(4-33)39-13/h6-7,9-14,33-35H,2-5,8H2,1H3,(H2,23,27,30)(H2,26,28,29,36)/t9?,10?,11-,12-,13-,14-/m1/s1. The van der Waals surface area contributed by atoms with E-state index in [1.807, 2.05) is 0 Å². The van der Waals surface area contributed by atoms with Gasteiger partial charge in [-0.05, 0) is 0 Å². The Labute approximate surface area is 224 Å². The molecule has 6 rings (SSSR count). The summed E-state index contributed by atoms with van der Waals surface area (Å²) in [5.74, 6) is 0.380. The van der Waals surface area contributed by atoms with Gasteiger partial charge in [-0.15, -0.1) is 0 Å². The largest absolute Gasteiger partial charge is 0.479 e. The predicted octanol–water partition coefficient (Wildman–Crippen LogP) is -1.77. The van der Waals surface area contributed by atoms with E-state index in [1.165, 1.54) is 24.3 Å². The number of nitrogens with two attached hydrogens (primary N) is 1. The van der Waals surface area contributed by atoms with Crippen LogP contribution in [0.15, 0.2) is 17.4 Å². The van der Waals surface area contributed by atoms with Crippen LogP contribution in [0.2, 0.25) is 0 Å². The quantitative estimate of drug-likeness (QED) is 0.0979. The van der Waals surface area contributed by atoms with Gasteiger partial charge in [0.1, 0.15) is 31.4 Å². The summed E-state index contributed by atoms with van der Waals surface area (Å²) >= 11 is 0. The van der Waals surface area contributed by atoms with Crippen molar-refractivity contribution in [1.29, 1.82) is 0 Å². The zero-order valence-electron chi connectivity index (χ0n) is 21.2. The van der Waals surface area contributed by atoms with E-state index in [9.17, 15) is 20.1 Å². The SMILES string of the molecule is COc1nc(N)nc2c1ncn2[C@H]1CC(O)[C@@H](COCNc2nc3c(ncn3[C@H]3CC(O)[C@@H](CO)O3)c(=O)[nH]2)O1. The molecular weight excluding hydrogens is 532 g/mol. The lowest BCUT2D eigenvalue weighted by Crippen LogP contribution is -2.28. The third-order valence-electron chi connectivity index (χ3n) is 6.86. The zero-order valence-corrected chi connectivity index (χ0v) is 21.2. The smallest absolute Gasteiger partial charge is 0.280 e.